The SMILES string of the molecule is CCC[CH2][Sn]1([O]C(=O)CC)[O]c2ccc(C=C(C(=O)OC(C)(C)C)C(=O)OC(C)(C)C)cc2[O]1. The fourth-order valence-electron chi connectivity index (χ4n) is 3.00. The zero-order valence-corrected chi connectivity index (χ0v) is 24.3. The van der Waals surface area contributed by atoms with E-state index in [4.69, 9.17) is 18.7 Å². The van der Waals surface area contributed by atoms with Crippen LogP contribution in [-0.4, -0.2) is 48.7 Å². The molecule has 188 valence electrons. The molecule has 0 saturated heterocycles. The third kappa shape index (κ3) is 8.21. The van der Waals surface area contributed by atoms with Gasteiger partial charge in [0.2, 0.25) is 0 Å². The van der Waals surface area contributed by atoms with Gasteiger partial charge in [-0.15, -0.1) is 0 Å². The predicted molar refractivity (Wildman–Crippen MR) is 129 cm³/mol. The van der Waals surface area contributed by atoms with E-state index in [9.17, 15) is 14.4 Å². The molecule has 1 atom stereocenters. The van der Waals surface area contributed by atoms with Crippen LogP contribution in [0.5, 0.6) is 11.5 Å². The fraction of sp³-hybridized carbons (Fsp3) is 0.560. The van der Waals surface area contributed by atoms with Crippen molar-refractivity contribution in [2.75, 3.05) is 0 Å². The van der Waals surface area contributed by atoms with Gasteiger partial charge in [-0.1, -0.05) is 0 Å². The second kappa shape index (κ2) is 11.0. The molecule has 0 N–H and O–H groups in total. The summed E-state index contributed by atoms with van der Waals surface area (Å²) in [5.74, 6) is -1.00. The van der Waals surface area contributed by atoms with Crippen molar-refractivity contribution in [3.05, 3.63) is 29.3 Å². The summed E-state index contributed by atoms with van der Waals surface area (Å²) < 4.78 is 29.4. The molecule has 0 aromatic heterocycles. The van der Waals surface area contributed by atoms with E-state index in [1.807, 2.05) is 6.92 Å². The van der Waals surface area contributed by atoms with Crippen molar-refractivity contribution >= 4 is 43.6 Å². The fourth-order valence-corrected chi connectivity index (χ4v) is 10.7. The first-order valence-electron chi connectivity index (χ1n) is 11.6. The van der Waals surface area contributed by atoms with Crippen LogP contribution in [0.25, 0.3) is 6.08 Å². The summed E-state index contributed by atoms with van der Waals surface area (Å²) in [6, 6.07) is 5.04. The molecule has 0 saturated carbocycles. The Morgan fingerprint density at radius 2 is 1.47 bits per heavy atom. The van der Waals surface area contributed by atoms with Gasteiger partial charge < -0.3 is 0 Å². The molecular formula is C25H36O8Sn. The second-order valence-corrected chi connectivity index (χ2v) is 17.2. The van der Waals surface area contributed by atoms with Gasteiger partial charge in [0.05, 0.1) is 0 Å². The van der Waals surface area contributed by atoms with Gasteiger partial charge in [-0.3, -0.25) is 0 Å². The van der Waals surface area contributed by atoms with Crippen molar-refractivity contribution < 1.29 is 33.1 Å². The number of unbranched alkanes of at least 4 members (excludes halogenated alkanes) is 1. The van der Waals surface area contributed by atoms with Gasteiger partial charge in [0.25, 0.3) is 0 Å². The standard InChI is InChI=1S/C18H24O6.C4H9.C3H6O2.Sn/c1-17(2,3)23-15(21)12(16(22)24-18(4,5)6)9-11-7-8-13(19)14(20)10-11;1-3-4-2;1-2-3(4)5;/h7-10,19-20H,1-6H3;1,3-4H2,2H3;2H2,1H3,(H,4,5);/q;;;+3/p-3. The van der Waals surface area contributed by atoms with Crippen LogP contribution < -0.4 is 6.15 Å². The molecule has 1 aliphatic rings. The molecule has 1 unspecified atom stereocenters. The molecule has 1 aromatic carbocycles. The van der Waals surface area contributed by atoms with E-state index < -0.39 is 42.8 Å². The van der Waals surface area contributed by atoms with Gasteiger partial charge in [0.15, 0.2) is 0 Å². The topological polar surface area (TPSA) is 97.4 Å². The maximum atomic E-state index is 12.8. The molecule has 2 rings (SSSR count). The summed E-state index contributed by atoms with van der Waals surface area (Å²) in [5, 5.41) is 0. The number of esters is 2. The average Bonchev–Trinajstić information content (AvgIpc) is 3.04. The Hall–Kier alpha value is -2.23. The van der Waals surface area contributed by atoms with Crippen LogP contribution in [0.4, 0.5) is 0 Å². The summed E-state index contributed by atoms with van der Waals surface area (Å²) in [7, 11) is 0. The van der Waals surface area contributed by atoms with Crippen LogP contribution in [0, 0.1) is 0 Å². The van der Waals surface area contributed by atoms with Gasteiger partial charge >= 0.3 is 208 Å². The maximum absolute atomic E-state index is 12.8. The molecule has 34 heavy (non-hydrogen) atoms. The molecular weight excluding hydrogens is 547 g/mol. The summed E-state index contributed by atoms with van der Waals surface area (Å²) in [4.78, 5) is 37.6. The van der Waals surface area contributed by atoms with E-state index >= 15 is 0 Å². The van der Waals surface area contributed by atoms with Crippen LogP contribution in [0.1, 0.15) is 80.2 Å². The van der Waals surface area contributed by atoms with Crippen LogP contribution in [-0.2, 0) is 26.9 Å². The van der Waals surface area contributed by atoms with E-state index in [-0.39, 0.29) is 18.0 Å². The van der Waals surface area contributed by atoms with E-state index in [1.165, 1.54) is 6.08 Å². The average molecular weight is 583 g/mol. The molecule has 0 bridgehead atoms. The second-order valence-electron chi connectivity index (χ2n) is 10.1. The van der Waals surface area contributed by atoms with Gasteiger partial charge in [-0.25, -0.2) is 0 Å². The number of benzene rings is 1. The van der Waals surface area contributed by atoms with Crippen LogP contribution in [0.3, 0.4) is 0 Å². The van der Waals surface area contributed by atoms with E-state index in [1.54, 1.807) is 66.7 Å². The van der Waals surface area contributed by atoms with Gasteiger partial charge in [-0.2, -0.15) is 0 Å². The Kier molecular flexibility index (Phi) is 9.07. The number of hydrogen-bond acceptors (Lipinski definition) is 8. The molecule has 0 spiro atoms. The van der Waals surface area contributed by atoms with Crippen LogP contribution in [0.2, 0.25) is 4.44 Å². The van der Waals surface area contributed by atoms with Crippen molar-refractivity contribution in [3.8, 4) is 11.5 Å². The first kappa shape index (κ1) is 28.0. The van der Waals surface area contributed by atoms with Crippen molar-refractivity contribution in [1.82, 2.24) is 0 Å². The molecule has 0 aliphatic carbocycles. The first-order chi connectivity index (χ1) is 15.7. The zero-order valence-electron chi connectivity index (χ0n) is 21.4. The molecule has 9 heteroatoms. The van der Waals surface area contributed by atoms with Crippen molar-refractivity contribution in [1.29, 1.82) is 0 Å². The Morgan fingerprint density at radius 3 is 1.97 bits per heavy atom. The molecule has 0 fully saturated rings. The number of carbonyl (C=O) groups is 3. The van der Waals surface area contributed by atoms with Crippen molar-refractivity contribution in [3.63, 3.8) is 0 Å². The van der Waals surface area contributed by atoms with Crippen molar-refractivity contribution in [2.45, 2.75) is 90.3 Å². The summed E-state index contributed by atoms with van der Waals surface area (Å²) >= 11 is -4.15. The molecule has 1 aliphatic heterocycles. The van der Waals surface area contributed by atoms with Gasteiger partial charge in [0, 0.05) is 0 Å². The third-order valence-electron chi connectivity index (χ3n) is 4.44. The van der Waals surface area contributed by atoms with Crippen LogP contribution >= 0.6 is 0 Å². The molecule has 0 radical (unpaired) electrons. The van der Waals surface area contributed by atoms with Gasteiger partial charge in [-0.05, 0) is 0 Å². The Bertz CT molecular complexity index is 925. The quantitative estimate of drug-likeness (QED) is 0.135. The van der Waals surface area contributed by atoms with E-state index in [2.05, 4.69) is 0 Å². The van der Waals surface area contributed by atoms with E-state index in [0.29, 0.717) is 21.5 Å². The Balaban J connectivity index is 2.40. The monoisotopic (exact) mass is 584 g/mol. The first-order valence-corrected chi connectivity index (χ1v) is 17.1. The third-order valence-corrected chi connectivity index (χ3v) is 11.8. The van der Waals surface area contributed by atoms with Gasteiger partial charge in [0.1, 0.15) is 0 Å². The molecule has 1 heterocycles. The number of rotatable bonds is 8. The minimum atomic E-state index is -4.15. The van der Waals surface area contributed by atoms with Crippen LogP contribution in [0.15, 0.2) is 23.8 Å². The molecule has 0 amide bonds. The summed E-state index contributed by atoms with van der Waals surface area (Å²) in [6.07, 6.45) is 3.37. The molecule has 8 nitrogen and oxygen atoms in total. The summed E-state index contributed by atoms with van der Waals surface area (Å²) in [5.41, 5.74) is -1.29. The number of hydrogen-bond donors (Lipinski definition) is 0. The minimum absolute atomic E-state index is 0.233. The Morgan fingerprint density at radius 1 is 0.912 bits per heavy atom. The Labute approximate surface area is 207 Å². The molecule has 1 aromatic rings. The number of fused-ring (bicyclic) bond motifs is 1. The predicted octanol–water partition coefficient (Wildman–Crippen LogP) is 5.22. The summed E-state index contributed by atoms with van der Waals surface area (Å²) in [6.45, 7) is 14.1. The normalized spacial score (nSPS) is 17.1. The number of ether oxygens (including phenoxy) is 2. The zero-order chi connectivity index (χ0) is 25.7. The number of carbonyl (C=O) groups excluding carboxylic acids is 3. The van der Waals surface area contributed by atoms with Crippen molar-refractivity contribution in [2.24, 2.45) is 0 Å². The van der Waals surface area contributed by atoms with E-state index in [0.717, 1.165) is 12.8 Å².